The Morgan fingerprint density at radius 3 is 2.43 bits per heavy atom. The van der Waals surface area contributed by atoms with Crippen molar-refractivity contribution in [1.29, 1.82) is 0 Å². The van der Waals surface area contributed by atoms with E-state index in [1.54, 1.807) is 0 Å². The second-order valence-electron chi connectivity index (χ2n) is 6.98. The average Bonchev–Trinajstić information content (AvgIpc) is 3.08. The summed E-state index contributed by atoms with van der Waals surface area (Å²) in [7, 11) is -3.75. The standard InChI is InChI=1S/C22H21N3O2S/c1-15-8-10-19-20(11-9-16(2)22(15)19)25-28(26,27)18-13-23-21(24-14-18)12-17-6-4-3-5-7-17/h3-9,11,13-14,25H,10,12H2,1-2H3. The van der Waals surface area contributed by atoms with Crippen LogP contribution in [-0.4, -0.2) is 18.4 Å². The minimum absolute atomic E-state index is 0.0568. The summed E-state index contributed by atoms with van der Waals surface area (Å²) in [5.74, 6) is 0.584. The van der Waals surface area contributed by atoms with Crippen LogP contribution in [-0.2, 0) is 22.9 Å². The third-order valence-corrected chi connectivity index (χ3v) is 6.29. The molecule has 1 aromatic heterocycles. The molecule has 0 unspecified atom stereocenters. The number of benzene rings is 2. The van der Waals surface area contributed by atoms with Crippen LogP contribution in [0.1, 0.15) is 35.0 Å². The Morgan fingerprint density at radius 2 is 1.71 bits per heavy atom. The topological polar surface area (TPSA) is 72.0 Å². The number of allylic oxidation sites excluding steroid dienone is 2. The first-order valence-electron chi connectivity index (χ1n) is 9.11. The quantitative estimate of drug-likeness (QED) is 0.710. The number of aryl methyl sites for hydroxylation is 1. The van der Waals surface area contributed by atoms with E-state index in [9.17, 15) is 8.42 Å². The van der Waals surface area contributed by atoms with Gasteiger partial charge in [0.25, 0.3) is 10.0 Å². The van der Waals surface area contributed by atoms with E-state index in [1.807, 2.05) is 49.4 Å². The summed E-state index contributed by atoms with van der Waals surface area (Å²) >= 11 is 0. The summed E-state index contributed by atoms with van der Waals surface area (Å²) in [5.41, 5.74) is 6.17. The van der Waals surface area contributed by atoms with Gasteiger partial charge in [-0.2, -0.15) is 0 Å². The summed E-state index contributed by atoms with van der Waals surface area (Å²) in [6, 6.07) is 13.6. The predicted molar refractivity (Wildman–Crippen MR) is 111 cm³/mol. The van der Waals surface area contributed by atoms with Gasteiger partial charge in [-0.25, -0.2) is 18.4 Å². The monoisotopic (exact) mass is 391 g/mol. The number of aromatic nitrogens is 2. The Hall–Kier alpha value is -2.99. The van der Waals surface area contributed by atoms with Gasteiger partial charge < -0.3 is 0 Å². The maximum absolute atomic E-state index is 12.8. The number of rotatable bonds is 5. The molecule has 0 saturated heterocycles. The second kappa shape index (κ2) is 7.20. The third-order valence-electron chi connectivity index (χ3n) is 4.97. The Morgan fingerprint density at radius 1 is 1.00 bits per heavy atom. The van der Waals surface area contributed by atoms with Crippen LogP contribution in [0.15, 0.2) is 65.8 Å². The average molecular weight is 391 g/mol. The normalized spacial score (nSPS) is 13.1. The zero-order chi connectivity index (χ0) is 19.7. The molecule has 0 spiro atoms. The van der Waals surface area contributed by atoms with Crippen molar-refractivity contribution >= 4 is 21.3 Å². The molecule has 142 valence electrons. The highest BCUT2D eigenvalue weighted by atomic mass is 32.2. The van der Waals surface area contributed by atoms with Gasteiger partial charge in [0.05, 0.1) is 18.1 Å². The lowest BCUT2D eigenvalue weighted by Crippen LogP contribution is -2.15. The van der Waals surface area contributed by atoms with Gasteiger partial charge in [0.1, 0.15) is 10.7 Å². The third kappa shape index (κ3) is 3.55. The maximum atomic E-state index is 12.8. The van der Waals surface area contributed by atoms with Crippen molar-refractivity contribution in [2.75, 3.05) is 4.72 Å². The number of hydrogen-bond acceptors (Lipinski definition) is 4. The van der Waals surface area contributed by atoms with Crippen LogP contribution >= 0.6 is 0 Å². The second-order valence-corrected chi connectivity index (χ2v) is 8.66. The fourth-order valence-electron chi connectivity index (χ4n) is 3.53. The molecule has 0 aliphatic heterocycles. The minimum atomic E-state index is -3.75. The molecule has 1 aliphatic carbocycles. The Bertz CT molecular complexity index is 1150. The van der Waals surface area contributed by atoms with Crippen molar-refractivity contribution in [3.8, 4) is 0 Å². The molecule has 0 atom stereocenters. The first kappa shape index (κ1) is 18.4. The molecule has 1 N–H and O–H groups in total. The molecule has 0 saturated carbocycles. The summed E-state index contributed by atoms with van der Waals surface area (Å²) in [6.45, 7) is 4.09. The van der Waals surface area contributed by atoms with E-state index < -0.39 is 10.0 Å². The lowest BCUT2D eigenvalue weighted by atomic mass is 9.99. The van der Waals surface area contributed by atoms with Crippen LogP contribution in [0.3, 0.4) is 0 Å². The molecule has 4 rings (SSSR count). The molecule has 0 fully saturated rings. The van der Waals surface area contributed by atoms with Crippen molar-refractivity contribution in [2.45, 2.75) is 31.6 Å². The lowest BCUT2D eigenvalue weighted by Gasteiger charge is -2.14. The number of nitrogens with zero attached hydrogens (tertiary/aromatic N) is 2. The lowest BCUT2D eigenvalue weighted by molar-refractivity contribution is 0.600. The van der Waals surface area contributed by atoms with Crippen molar-refractivity contribution in [3.05, 3.63) is 89.0 Å². The molecular formula is C22H21N3O2S. The van der Waals surface area contributed by atoms with Gasteiger partial charge in [-0.1, -0.05) is 42.5 Å². The summed E-state index contributed by atoms with van der Waals surface area (Å²) in [5, 5.41) is 0. The van der Waals surface area contributed by atoms with Crippen LogP contribution in [0, 0.1) is 6.92 Å². The van der Waals surface area contributed by atoms with E-state index in [4.69, 9.17) is 0 Å². The van der Waals surface area contributed by atoms with Crippen LogP contribution in [0.2, 0.25) is 0 Å². The number of anilines is 1. The smallest absolute Gasteiger partial charge is 0.264 e. The number of fused-ring (bicyclic) bond motifs is 1. The molecule has 1 aliphatic rings. The van der Waals surface area contributed by atoms with Crippen LogP contribution in [0.5, 0.6) is 0 Å². The van der Waals surface area contributed by atoms with E-state index in [2.05, 4.69) is 27.7 Å². The maximum Gasteiger partial charge on any atom is 0.264 e. The highest BCUT2D eigenvalue weighted by molar-refractivity contribution is 7.92. The number of sulfonamides is 1. The van der Waals surface area contributed by atoms with E-state index in [-0.39, 0.29) is 4.90 Å². The van der Waals surface area contributed by atoms with E-state index in [0.29, 0.717) is 17.9 Å². The summed E-state index contributed by atoms with van der Waals surface area (Å²) in [6.07, 6.45) is 6.15. The fraction of sp³-hybridized carbons (Fsp3) is 0.182. The Kier molecular flexibility index (Phi) is 4.73. The molecule has 0 amide bonds. The van der Waals surface area contributed by atoms with Crippen LogP contribution in [0.4, 0.5) is 5.69 Å². The van der Waals surface area contributed by atoms with Gasteiger partial charge in [-0.05, 0) is 54.2 Å². The van der Waals surface area contributed by atoms with Crippen molar-refractivity contribution in [3.63, 3.8) is 0 Å². The van der Waals surface area contributed by atoms with E-state index in [0.717, 1.165) is 28.7 Å². The zero-order valence-electron chi connectivity index (χ0n) is 15.8. The van der Waals surface area contributed by atoms with Gasteiger partial charge in [0.15, 0.2) is 0 Å². The molecule has 6 heteroatoms. The van der Waals surface area contributed by atoms with E-state index in [1.165, 1.54) is 18.0 Å². The highest BCUT2D eigenvalue weighted by Gasteiger charge is 2.22. The molecule has 3 aromatic rings. The van der Waals surface area contributed by atoms with Gasteiger partial charge in [-0.3, -0.25) is 4.72 Å². The van der Waals surface area contributed by atoms with Crippen molar-refractivity contribution in [1.82, 2.24) is 9.97 Å². The van der Waals surface area contributed by atoms with Gasteiger partial charge in [0.2, 0.25) is 0 Å². The zero-order valence-corrected chi connectivity index (χ0v) is 16.6. The minimum Gasteiger partial charge on any atom is -0.279 e. The van der Waals surface area contributed by atoms with E-state index >= 15 is 0 Å². The van der Waals surface area contributed by atoms with Gasteiger partial charge >= 0.3 is 0 Å². The molecule has 1 heterocycles. The molecule has 0 bridgehead atoms. The SMILES string of the molecule is CC1=CCc2c(NS(=O)(=O)c3cnc(Cc4ccccc4)nc3)ccc(C)c21. The Balaban J connectivity index is 1.57. The highest BCUT2D eigenvalue weighted by Crippen LogP contribution is 2.35. The van der Waals surface area contributed by atoms with Crippen LogP contribution in [0.25, 0.3) is 5.57 Å². The van der Waals surface area contributed by atoms with Crippen molar-refractivity contribution in [2.24, 2.45) is 0 Å². The largest absolute Gasteiger partial charge is 0.279 e. The number of hydrogen-bond donors (Lipinski definition) is 1. The first-order chi connectivity index (χ1) is 13.4. The predicted octanol–water partition coefficient (Wildman–Crippen LogP) is 4.14. The molecular weight excluding hydrogens is 370 g/mol. The summed E-state index contributed by atoms with van der Waals surface area (Å²) < 4.78 is 28.4. The van der Waals surface area contributed by atoms with Crippen molar-refractivity contribution < 1.29 is 8.42 Å². The summed E-state index contributed by atoms with van der Waals surface area (Å²) in [4.78, 5) is 8.54. The Labute approximate surface area is 165 Å². The number of nitrogens with one attached hydrogen (secondary N) is 1. The molecule has 5 nitrogen and oxygen atoms in total. The van der Waals surface area contributed by atoms with Gasteiger partial charge in [-0.15, -0.1) is 0 Å². The van der Waals surface area contributed by atoms with Crippen LogP contribution < -0.4 is 4.72 Å². The fourth-order valence-corrected chi connectivity index (χ4v) is 4.52. The first-order valence-corrected chi connectivity index (χ1v) is 10.6. The molecule has 2 aromatic carbocycles. The molecule has 28 heavy (non-hydrogen) atoms. The van der Waals surface area contributed by atoms with Gasteiger partial charge in [0, 0.05) is 6.42 Å². The molecule has 0 radical (unpaired) electrons.